The lowest BCUT2D eigenvalue weighted by molar-refractivity contribution is -0.137. The molecular formula is C21H19ClFNO4S. The molecule has 8 heteroatoms. The number of carboxylic acids is 1. The highest BCUT2D eigenvalue weighted by atomic mass is 35.5. The van der Waals surface area contributed by atoms with Gasteiger partial charge in [-0.25, -0.2) is 12.8 Å². The van der Waals surface area contributed by atoms with E-state index in [1.807, 2.05) is 0 Å². The predicted molar refractivity (Wildman–Crippen MR) is 109 cm³/mol. The Morgan fingerprint density at radius 1 is 1.34 bits per heavy atom. The molecule has 2 aromatic carbocycles. The Hall–Kier alpha value is -2.38. The number of aliphatic carboxylic acids is 1. The van der Waals surface area contributed by atoms with Gasteiger partial charge in [0.2, 0.25) is 0 Å². The van der Waals surface area contributed by atoms with Crippen molar-refractivity contribution in [1.82, 2.24) is 4.57 Å². The number of sulfone groups is 1. The van der Waals surface area contributed by atoms with E-state index in [0.717, 1.165) is 11.6 Å². The van der Waals surface area contributed by atoms with Crippen LogP contribution < -0.4 is 0 Å². The van der Waals surface area contributed by atoms with Crippen molar-refractivity contribution >= 4 is 38.3 Å². The van der Waals surface area contributed by atoms with Crippen LogP contribution in [0.25, 0.3) is 10.9 Å². The standard InChI is InChI=1S/C21H19ClFNO4S/c1-29(27,28)18-10-15(23)9-17-16-7-4-13(8-19(25)26)20(16)24(21(17)18)11-12-2-5-14(22)6-3-12/h2-3,5-6,9-10,13H,4,7-8,11H2,1H3,(H,25,26)/t13-/m1/s1/i1T3. The Morgan fingerprint density at radius 2 is 2.07 bits per heavy atom. The number of hydrogen-bond acceptors (Lipinski definition) is 3. The van der Waals surface area contributed by atoms with Gasteiger partial charge in [-0.3, -0.25) is 4.79 Å². The van der Waals surface area contributed by atoms with Crippen molar-refractivity contribution in [3.63, 3.8) is 0 Å². The van der Waals surface area contributed by atoms with E-state index in [2.05, 4.69) is 0 Å². The van der Waals surface area contributed by atoms with Crippen molar-refractivity contribution in [1.29, 1.82) is 0 Å². The smallest absolute Gasteiger partial charge is 0.304 e. The third-order valence-corrected chi connectivity index (χ3v) is 6.47. The monoisotopic (exact) mass is 441 g/mol. The quantitative estimate of drug-likeness (QED) is 0.637. The highest BCUT2D eigenvalue weighted by Gasteiger charge is 2.33. The van der Waals surface area contributed by atoms with Crippen LogP contribution in [0, 0.1) is 5.82 Å². The van der Waals surface area contributed by atoms with Crippen LogP contribution in [0.15, 0.2) is 41.3 Å². The molecule has 0 unspecified atom stereocenters. The Morgan fingerprint density at radius 3 is 2.72 bits per heavy atom. The lowest BCUT2D eigenvalue weighted by Crippen LogP contribution is -2.12. The van der Waals surface area contributed by atoms with Crippen molar-refractivity contribution in [2.45, 2.75) is 36.6 Å². The molecule has 0 aliphatic heterocycles. The van der Waals surface area contributed by atoms with Crippen LogP contribution in [0.5, 0.6) is 0 Å². The molecule has 0 saturated heterocycles. The molecule has 5 nitrogen and oxygen atoms in total. The van der Waals surface area contributed by atoms with Gasteiger partial charge in [0, 0.05) is 38.9 Å². The van der Waals surface area contributed by atoms with E-state index in [4.69, 9.17) is 15.7 Å². The van der Waals surface area contributed by atoms with Crippen molar-refractivity contribution in [2.75, 3.05) is 6.18 Å². The van der Waals surface area contributed by atoms with Gasteiger partial charge in [0.15, 0.2) is 9.84 Å². The topological polar surface area (TPSA) is 76.4 Å². The third-order valence-electron chi connectivity index (χ3n) is 5.33. The van der Waals surface area contributed by atoms with Gasteiger partial charge in [-0.2, -0.15) is 0 Å². The van der Waals surface area contributed by atoms with E-state index < -0.39 is 38.6 Å². The second-order valence-corrected chi connectivity index (χ2v) is 9.10. The lowest BCUT2D eigenvalue weighted by atomic mass is 10.0. The first-order chi connectivity index (χ1) is 14.9. The van der Waals surface area contributed by atoms with E-state index >= 15 is 0 Å². The summed E-state index contributed by atoms with van der Waals surface area (Å²) in [7, 11) is -4.87. The van der Waals surface area contributed by atoms with Crippen LogP contribution in [0.3, 0.4) is 0 Å². The molecule has 0 bridgehead atoms. The second kappa shape index (κ2) is 7.15. The van der Waals surface area contributed by atoms with Crippen LogP contribution in [0.2, 0.25) is 5.02 Å². The predicted octanol–water partition coefficient (Wildman–Crippen LogP) is 4.39. The van der Waals surface area contributed by atoms with Crippen LogP contribution in [-0.4, -0.2) is 30.2 Å². The summed E-state index contributed by atoms with van der Waals surface area (Å²) in [5.74, 6) is -2.28. The minimum absolute atomic E-state index is 0.0811. The first-order valence-corrected chi connectivity index (χ1v) is 10.8. The Kier molecular flexibility index (Phi) is 4.05. The average molecular weight is 442 g/mol. The van der Waals surface area contributed by atoms with Crippen LogP contribution in [-0.2, 0) is 27.6 Å². The molecule has 1 atom stereocenters. The molecule has 0 fully saturated rings. The van der Waals surface area contributed by atoms with Crippen LogP contribution in [0.1, 0.15) is 39.7 Å². The maximum Gasteiger partial charge on any atom is 0.304 e. The summed E-state index contributed by atoms with van der Waals surface area (Å²) in [6, 6.07) is 8.72. The minimum atomic E-state index is -4.87. The minimum Gasteiger partial charge on any atom is -0.481 e. The first-order valence-electron chi connectivity index (χ1n) is 10.5. The molecule has 152 valence electrons. The molecule has 1 N–H and O–H groups in total. The van der Waals surface area contributed by atoms with Gasteiger partial charge in [-0.05, 0) is 48.2 Å². The number of carbonyl (C=O) groups is 1. The Balaban J connectivity index is 2.05. The van der Waals surface area contributed by atoms with Crippen molar-refractivity contribution < 1.29 is 26.8 Å². The Bertz CT molecular complexity index is 1330. The fourth-order valence-corrected chi connectivity index (χ4v) is 5.11. The van der Waals surface area contributed by atoms with Crippen molar-refractivity contribution in [3.05, 3.63) is 64.1 Å². The third kappa shape index (κ3) is 3.65. The van der Waals surface area contributed by atoms with E-state index in [9.17, 15) is 22.7 Å². The zero-order valence-electron chi connectivity index (χ0n) is 18.2. The van der Waals surface area contributed by atoms with Crippen molar-refractivity contribution in [2.24, 2.45) is 0 Å². The number of aromatic nitrogens is 1. The second-order valence-electron chi connectivity index (χ2n) is 7.21. The van der Waals surface area contributed by atoms with Gasteiger partial charge in [0.1, 0.15) is 5.82 Å². The maximum absolute atomic E-state index is 14.5. The number of hydrogen-bond donors (Lipinski definition) is 1. The van der Waals surface area contributed by atoms with Crippen molar-refractivity contribution in [3.8, 4) is 0 Å². The van der Waals surface area contributed by atoms with E-state index in [1.54, 1.807) is 28.8 Å². The molecule has 1 aromatic heterocycles. The number of aryl methyl sites for hydroxylation is 1. The molecule has 3 aromatic rings. The zero-order valence-corrected chi connectivity index (χ0v) is 16.7. The normalized spacial score (nSPS) is 18.3. The molecule has 0 saturated carbocycles. The molecule has 4 rings (SSSR count). The number of rotatable bonds is 5. The molecule has 1 heterocycles. The summed E-state index contributed by atoms with van der Waals surface area (Å²) in [4.78, 5) is 10.8. The van der Waals surface area contributed by atoms with Gasteiger partial charge < -0.3 is 9.67 Å². The summed E-state index contributed by atoms with van der Waals surface area (Å²) in [6.45, 7) is 0.147. The summed E-state index contributed by atoms with van der Waals surface area (Å²) >= 11 is 5.96. The fourth-order valence-electron chi connectivity index (χ4n) is 4.24. The van der Waals surface area contributed by atoms with Crippen LogP contribution in [0.4, 0.5) is 4.39 Å². The SMILES string of the molecule is [3H]C([3H])([3H])S(=O)(=O)c1cc(F)cc2c3c(n(Cc4ccc(Cl)cc4)c12)[C@@H](CC(=O)O)CC3. The Labute approximate surface area is 176 Å². The van der Waals surface area contributed by atoms with Gasteiger partial charge in [0.05, 0.1) is 16.8 Å². The number of carboxylic acid groups (broad SMARTS) is 1. The molecular weight excluding hydrogens is 417 g/mol. The first kappa shape index (κ1) is 16.4. The number of fused-ring (bicyclic) bond motifs is 3. The van der Waals surface area contributed by atoms with E-state index in [1.165, 1.54) is 6.07 Å². The molecule has 29 heavy (non-hydrogen) atoms. The van der Waals surface area contributed by atoms with Gasteiger partial charge in [0.25, 0.3) is 0 Å². The van der Waals surface area contributed by atoms with E-state index in [0.29, 0.717) is 34.5 Å². The largest absolute Gasteiger partial charge is 0.481 e. The summed E-state index contributed by atoms with van der Waals surface area (Å²) in [5, 5.41) is 10.2. The lowest BCUT2D eigenvalue weighted by Gasteiger charge is -2.17. The fraction of sp³-hybridized carbons (Fsp3) is 0.286. The number of benzene rings is 2. The molecule has 1 aliphatic rings. The summed E-state index contributed by atoms with van der Waals surface area (Å²) in [5.41, 5.74) is 2.08. The maximum atomic E-state index is 14.5. The summed E-state index contributed by atoms with van der Waals surface area (Å²) in [6.07, 6.45) is -2.60. The number of halogens is 2. The molecule has 1 aliphatic carbocycles. The van der Waals surface area contributed by atoms with E-state index in [-0.39, 0.29) is 18.5 Å². The average Bonchev–Trinajstić information content (AvgIpc) is 3.21. The van der Waals surface area contributed by atoms with Gasteiger partial charge >= 0.3 is 5.97 Å². The van der Waals surface area contributed by atoms with Gasteiger partial charge in [-0.1, -0.05) is 23.7 Å². The molecule has 0 spiro atoms. The highest BCUT2D eigenvalue weighted by Crippen LogP contribution is 2.44. The summed E-state index contributed by atoms with van der Waals surface area (Å²) < 4.78 is 64.5. The van der Waals surface area contributed by atoms with Crippen LogP contribution >= 0.6 is 11.6 Å². The molecule has 0 radical (unpaired) electrons. The molecule has 0 amide bonds. The van der Waals surface area contributed by atoms with Gasteiger partial charge in [-0.15, -0.1) is 0 Å². The zero-order chi connectivity index (χ0) is 23.4. The highest BCUT2D eigenvalue weighted by molar-refractivity contribution is 7.91. The number of nitrogens with zero attached hydrogens (tertiary/aromatic N) is 1.